The Morgan fingerprint density at radius 2 is 2.24 bits per heavy atom. The fourth-order valence-electron chi connectivity index (χ4n) is 1.94. The maximum Gasteiger partial charge on any atom is 0.311 e. The van der Waals surface area contributed by atoms with E-state index in [1.165, 1.54) is 19.2 Å². The van der Waals surface area contributed by atoms with Gasteiger partial charge in [-0.1, -0.05) is 12.1 Å². The van der Waals surface area contributed by atoms with Crippen molar-refractivity contribution in [3.63, 3.8) is 0 Å². The van der Waals surface area contributed by atoms with Gasteiger partial charge in [0.1, 0.15) is 0 Å². The van der Waals surface area contributed by atoms with Crippen LogP contribution in [0.5, 0.6) is 5.75 Å². The normalized spacial score (nSPS) is 14.3. The van der Waals surface area contributed by atoms with Gasteiger partial charge in [-0.3, -0.25) is 14.9 Å². The number of nitrogens with zero attached hydrogens (tertiary/aromatic N) is 1. The summed E-state index contributed by atoms with van der Waals surface area (Å²) in [5.74, 6) is 0.178. The molecule has 0 spiro atoms. The third kappa shape index (κ3) is 3.59. The number of allylic oxidation sites excluding steroid dienone is 3. The second-order valence-corrected chi connectivity index (χ2v) is 5.54. The van der Waals surface area contributed by atoms with Gasteiger partial charge < -0.3 is 4.74 Å². The molecule has 0 aliphatic heterocycles. The fraction of sp³-hybridized carbons (Fsp3) is 0.200. The molecule has 108 valence electrons. The van der Waals surface area contributed by atoms with Crippen molar-refractivity contribution < 1.29 is 14.5 Å². The Morgan fingerprint density at radius 1 is 1.48 bits per heavy atom. The second kappa shape index (κ2) is 6.69. The van der Waals surface area contributed by atoms with Crippen molar-refractivity contribution in [2.75, 3.05) is 7.11 Å². The van der Waals surface area contributed by atoms with E-state index in [9.17, 15) is 14.9 Å². The predicted octanol–water partition coefficient (Wildman–Crippen LogP) is 3.82. The van der Waals surface area contributed by atoms with Crippen LogP contribution in [0.3, 0.4) is 0 Å². The SMILES string of the molecule is COc1ccc(C=C=C2CCC=C(I)C2=O)cc1[N+](=O)[O-]. The minimum Gasteiger partial charge on any atom is -0.490 e. The van der Waals surface area contributed by atoms with E-state index >= 15 is 0 Å². The smallest absolute Gasteiger partial charge is 0.311 e. The van der Waals surface area contributed by atoms with Crippen LogP contribution in [0.15, 0.2) is 39.2 Å². The van der Waals surface area contributed by atoms with Crippen LogP contribution in [0.1, 0.15) is 18.4 Å². The van der Waals surface area contributed by atoms with Crippen LogP contribution in [0.2, 0.25) is 0 Å². The molecule has 0 radical (unpaired) electrons. The van der Waals surface area contributed by atoms with Crippen LogP contribution in [0.25, 0.3) is 6.08 Å². The Balaban J connectivity index is 2.38. The molecular formula is C15H12INO4. The van der Waals surface area contributed by atoms with E-state index in [2.05, 4.69) is 5.73 Å². The van der Waals surface area contributed by atoms with Gasteiger partial charge in [-0.2, -0.15) is 0 Å². The number of Topliss-reactive ketones (excluding diaryl/α,β-unsaturated/α-hetero) is 1. The fourth-order valence-corrected chi connectivity index (χ4v) is 2.58. The van der Waals surface area contributed by atoms with E-state index in [-0.39, 0.29) is 17.2 Å². The number of hydrogen-bond donors (Lipinski definition) is 0. The molecule has 0 aromatic heterocycles. The Bertz CT molecular complexity index is 700. The molecule has 0 bridgehead atoms. The van der Waals surface area contributed by atoms with E-state index < -0.39 is 4.92 Å². The van der Waals surface area contributed by atoms with Crippen LogP contribution in [-0.2, 0) is 4.79 Å². The Hall–Kier alpha value is -1.92. The molecule has 0 saturated heterocycles. The molecule has 1 aliphatic rings. The van der Waals surface area contributed by atoms with E-state index in [1.54, 1.807) is 12.1 Å². The van der Waals surface area contributed by atoms with Crippen molar-refractivity contribution >= 4 is 40.1 Å². The number of carbonyl (C=O) groups excluding carboxylic acids is 1. The van der Waals surface area contributed by atoms with Crippen molar-refractivity contribution in [3.05, 3.63) is 54.8 Å². The molecular weight excluding hydrogens is 385 g/mol. The summed E-state index contributed by atoms with van der Waals surface area (Å²) >= 11 is 2.01. The maximum atomic E-state index is 11.9. The lowest BCUT2D eigenvalue weighted by Crippen LogP contribution is -2.05. The summed E-state index contributed by atoms with van der Waals surface area (Å²) in [6.07, 6.45) is 4.93. The Morgan fingerprint density at radius 3 is 2.90 bits per heavy atom. The first-order valence-corrected chi connectivity index (χ1v) is 7.29. The number of nitro benzene ring substituents is 1. The number of carbonyl (C=O) groups is 1. The lowest BCUT2D eigenvalue weighted by atomic mass is 10.0. The summed E-state index contributed by atoms with van der Waals surface area (Å²) in [5.41, 5.74) is 4.05. The van der Waals surface area contributed by atoms with Gasteiger partial charge in [0.25, 0.3) is 0 Å². The quantitative estimate of drug-likeness (QED) is 0.256. The van der Waals surface area contributed by atoms with Gasteiger partial charge in [0.2, 0.25) is 5.78 Å². The highest BCUT2D eigenvalue weighted by Crippen LogP contribution is 2.28. The average molecular weight is 397 g/mol. The number of halogens is 1. The van der Waals surface area contributed by atoms with Gasteiger partial charge in [-0.25, -0.2) is 0 Å². The first-order chi connectivity index (χ1) is 10.0. The molecule has 2 rings (SSSR count). The molecule has 0 atom stereocenters. The lowest BCUT2D eigenvalue weighted by Gasteiger charge is -2.07. The van der Waals surface area contributed by atoms with Gasteiger partial charge in [0.05, 0.1) is 15.6 Å². The van der Waals surface area contributed by atoms with Gasteiger partial charge in [0.15, 0.2) is 5.75 Å². The summed E-state index contributed by atoms with van der Waals surface area (Å²) in [7, 11) is 1.38. The predicted molar refractivity (Wildman–Crippen MR) is 87.5 cm³/mol. The standard InChI is InChI=1S/C15H12INO4/c1-21-14-8-6-10(9-13(14)17(19)20)5-7-11-3-2-4-12(16)15(11)18/h4-6,8-9H,2-3H2,1H3. The van der Waals surface area contributed by atoms with Crippen LogP contribution < -0.4 is 4.74 Å². The zero-order chi connectivity index (χ0) is 15.4. The van der Waals surface area contributed by atoms with Crippen molar-refractivity contribution in [3.8, 4) is 5.75 Å². The second-order valence-electron chi connectivity index (χ2n) is 4.38. The molecule has 1 aromatic carbocycles. The summed E-state index contributed by atoms with van der Waals surface area (Å²) in [6.45, 7) is 0. The first kappa shape index (κ1) is 15.5. The number of benzene rings is 1. The molecule has 21 heavy (non-hydrogen) atoms. The van der Waals surface area contributed by atoms with Crippen LogP contribution in [-0.4, -0.2) is 17.8 Å². The molecule has 0 amide bonds. The summed E-state index contributed by atoms with van der Waals surface area (Å²) in [5, 5.41) is 11.0. The monoisotopic (exact) mass is 397 g/mol. The number of hydrogen-bond acceptors (Lipinski definition) is 4. The third-order valence-corrected chi connectivity index (χ3v) is 3.95. The molecule has 5 nitrogen and oxygen atoms in total. The molecule has 0 saturated carbocycles. The van der Waals surface area contributed by atoms with Gasteiger partial charge >= 0.3 is 5.69 Å². The number of ether oxygens (including phenoxy) is 1. The molecule has 6 heteroatoms. The zero-order valence-corrected chi connectivity index (χ0v) is 13.4. The maximum absolute atomic E-state index is 11.9. The van der Waals surface area contributed by atoms with Gasteiger partial charge in [0, 0.05) is 11.6 Å². The van der Waals surface area contributed by atoms with Crippen molar-refractivity contribution in [2.24, 2.45) is 0 Å². The lowest BCUT2D eigenvalue weighted by molar-refractivity contribution is -0.385. The highest BCUT2D eigenvalue weighted by atomic mass is 127. The summed E-state index contributed by atoms with van der Waals surface area (Å²) < 4.78 is 5.63. The molecule has 0 heterocycles. The van der Waals surface area contributed by atoms with Crippen LogP contribution in [0.4, 0.5) is 5.69 Å². The van der Waals surface area contributed by atoms with Crippen LogP contribution in [0, 0.1) is 10.1 Å². The minimum absolute atomic E-state index is 0.0267. The van der Waals surface area contributed by atoms with E-state index in [0.29, 0.717) is 21.1 Å². The molecule has 0 fully saturated rings. The molecule has 1 aliphatic carbocycles. The number of rotatable bonds is 3. The Kier molecular flexibility index (Phi) is 4.93. The summed E-state index contributed by atoms with van der Waals surface area (Å²) in [4.78, 5) is 22.4. The zero-order valence-electron chi connectivity index (χ0n) is 11.3. The van der Waals surface area contributed by atoms with Gasteiger partial charge in [-0.15, -0.1) is 5.73 Å². The molecule has 1 aromatic rings. The number of nitro groups is 1. The largest absolute Gasteiger partial charge is 0.490 e. The molecule has 0 unspecified atom stereocenters. The minimum atomic E-state index is -0.499. The summed E-state index contributed by atoms with van der Waals surface area (Å²) in [6, 6.07) is 4.62. The molecule has 0 N–H and O–H groups in total. The first-order valence-electron chi connectivity index (χ1n) is 6.21. The van der Waals surface area contributed by atoms with E-state index in [1.807, 2.05) is 28.7 Å². The Labute approximate surface area is 135 Å². The topological polar surface area (TPSA) is 69.4 Å². The highest BCUT2D eigenvalue weighted by molar-refractivity contribution is 14.1. The third-order valence-electron chi connectivity index (χ3n) is 3.02. The highest BCUT2D eigenvalue weighted by Gasteiger charge is 2.17. The average Bonchev–Trinajstić information content (AvgIpc) is 2.48. The number of methoxy groups -OCH3 is 1. The van der Waals surface area contributed by atoms with Crippen molar-refractivity contribution in [2.45, 2.75) is 12.8 Å². The van der Waals surface area contributed by atoms with Gasteiger partial charge in [-0.05, 0) is 53.1 Å². The van der Waals surface area contributed by atoms with Crippen molar-refractivity contribution in [1.29, 1.82) is 0 Å². The number of ketones is 1. The van der Waals surface area contributed by atoms with Crippen LogP contribution >= 0.6 is 22.6 Å². The van der Waals surface area contributed by atoms with E-state index in [0.717, 1.165) is 6.42 Å². The van der Waals surface area contributed by atoms with E-state index in [4.69, 9.17) is 4.74 Å². The van der Waals surface area contributed by atoms with Crippen molar-refractivity contribution in [1.82, 2.24) is 0 Å².